The van der Waals surface area contributed by atoms with Crippen molar-refractivity contribution in [2.24, 2.45) is 0 Å². The second-order valence-electron chi connectivity index (χ2n) is 4.62. The van der Waals surface area contributed by atoms with E-state index in [2.05, 4.69) is 15.6 Å². The van der Waals surface area contributed by atoms with Gasteiger partial charge in [0, 0.05) is 18.7 Å². The third-order valence-corrected chi connectivity index (χ3v) is 3.22. The Morgan fingerprint density at radius 3 is 3.11 bits per heavy atom. The summed E-state index contributed by atoms with van der Waals surface area (Å²) in [6, 6.07) is 2.14. The Labute approximate surface area is 106 Å². The minimum atomic E-state index is -0.424. The summed E-state index contributed by atoms with van der Waals surface area (Å²) >= 11 is 0. The van der Waals surface area contributed by atoms with Crippen molar-refractivity contribution >= 4 is 11.5 Å². The molecule has 2 N–H and O–H groups in total. The Hall–Kier alpha value is -1.69. The van der Waals surface area contributed by atoms with Gasteiger partial charge in [-0.25, -0.2) is 4.98 Å². The highest BCUT2D eigenvalue weighted by Gasteiger charge is 2.14. The van der Waals surface area contributed by atoms with Crippen LogP contribution >= 0.6 is 0 Å². The molecule has 18 heavy (non-hydrogen) atoms. The molecular formula is C12H18N4O2. The van der Waals surface area contributed by atoms with Crippen LogP contribution in [0.5, 0.6) is 0 Å². The van der Waals surface area contributed by atoms with Gasteiger partial charge in [0.05, 0.1) is 4.92 Å². The first-order valence-electron chi connectivity index (χ1n) is 6.25. The van der Waals surface area contributed by atoms with Gasteiger partial charge in [0.25, 0.3) is 5.69 Å². The van der Waals surface area contributed by atoms with E-state index in [0.717, 1.165) is 30.9 Å². The van der Waals surface area contributed by atoms with Gasteiger partial charge in [0.2, 0.25) is 0 Å². The molecule has 98 valence electrons. The van der Waals surface area contributed by atoms with E-state index < -0.39 is 4.92 Å². The Morgan fingerprint density at radius 2 is 2.50 bits per heavy atom. The monoisotopic (exact) mass is 250 g/mol. The van der Waals surface area contributed by atoms with Gasteiger partial charge in [0.15, 0.2) is 0 Å². The summed E-state index contributed by atoms with van der Waals surface area (Å²) in [5.41, 5.74) is 0.846. The second kappa shape index (κ2) is 5.77. The maximum Gasteiger partial charge on any atom is 0.287 e. The van der Waals surface area contributed by atoms with Crippen molar-refractivity contribution in [2.45, 2.75) is 32.2 Å². The summed E-state index contributed by atoms with van der Waals surface area (Å²) in [5, 5.41) is 17.3. The Bertz CT molecular complexity index is 430. The summed E-state index contributed by atoms with van der Waals surface area (Å²) in [4.78, 5) is 14.3. The third kappa shape index (κ3) is 3.16. The Kier molecular flexibility index (Phi) is 4.09. The van der Waals surface area contributed by atoms with Crippen LogP contribution in [0.2, 0.25) is 0 Å². The lowest BCUT2D eigenvalue weighted by molar-refractivity contribution is -0.385. The molecule has 1 aromatic rings. The highest BCUT2D eigenvalue weighted by Crippen LogP contribution is 2.18. The fourth-order valence-corrected chi connectivity index (χ4v) is 2.21. The first-order chi connectivity index (χ1) is 8.66. The standard InChI is InChI=1S/C12H18N4O2/c1-9-7-11(16(17)18)8-15-12(9)14-6-4-10-3-2-5-13-10/h7-8,10,13H,2-6H2,1H3,(H,14,15)/t10-/m0/s1. The van der Waals surface area contributed by atoms with E-state index in [1.54, 1.807) is 6.07 Å². The van der Waals surface area contributed by atoms with Crippen molar-refractivity contribution in [1.82, 2.24) is 10.3 Å². The van der Waals surface area contributed by atoms with E-state index in [-0.39, 0.29) is 5.69 Å². The van der Waals surface area contributed by atoms with Gasteiger partial charge in [-0.1, -0.05) is 0 Å². The quantitative estimate of drug-likeness (QED) is 0.615. The van der Waals surface area contributed by atoms with Crippen LogP contribution in [0.25, 0.3) is 0 Å². The van der Waals surface area contributed by atoms with Crippen LogP contribution < -0.4 is 10.6 Å². The molecule has 6 nitrogen and oxygen atoms in total. The summed E-state index contributed by atoms with van der Waals surface area (Å²) in [6.07, 6.45) is 4.83. The third-order valence-electron chi connectivity index (χ3n) is 3.22. The van der Waals surface area contributed by atoms with Crippen molar-refractivity contribution in [3.05, 3.63) is 27.9 Å². The molecule has 0 saturated carbocycles. The van der Waals surface area contributed by atoms with Gasteiger partial charge in [-0.05, 0) is 38.3 Å². The number of aromatic nitrogens is 1. The first kappa shape index (κ1) is 12.8. The highest BCUT2D eigenvalue weighted by molar-refractivity contribution is 5.48. The number of hydrogen-bond acceptors (Lipinski definition) is 5. The molecule has 0 spiro atoms. The molecule has 0 aromatic carbocycles. The molecule has 1 aromatic heterocycles. The molecule has 1 fully saturated rings. The predicted octanol–water partition coefficient (Wildman–Crippen LogP) is 1.85. The second-order valence-corrected chi connectivity index (χ2v) is 4.62. The molecule has 1 atom stereocenters. The highest BCUT2D eigenvalue weighted by atomic mass is 16.6. The van der Waals surface area contributed by atoms with E-state index in [1.165, 1.54) is 19.0 Å². The molecule has 0 unspecified atom stereocenters. The van der Waals surface area contributed by atoms with Crippen molar-refractivity contribution < 1.29 is 4.92 Å². The molecular weight excluding hydrogens is 232 g/mol. The van der Waals surface area contributed by atoms with E-state index in [0.29, 0.717) is 6.04 Å². The number of nitro groups is 1. The van der Waals surface area contributed by atoms with Crippen LogP contribution in [-0.2, 0) is 0 Å². The lowest BCUT2D eigenvalue weighted by Gasteiger charge is -2.12. The molecule has 2 heterocycles. The van der Waals surface area contributed by atoms with Crippen LogP contribution in [0.1, 0.15) is 24.8 Å². The number of nitrogens with zero attached hydrogens (tertiary/aromatic N) is 2. The fourth-order valence-electron chi connectivity index (χ4n) is 2.21. The fraction of sp³-hybridized carbons (Fsp3) is 0.583. The van der Waals surface area contributed by atoms with Crippen LogP contribution in [-0.4, -0.2) is 29.0 Å². The van der Waals surface area contributed by atoms with Crippen LogP contribution in [0.15, 0.2) is 12.3 Å². The normalized spacial score (nSPS) is 18.8. The molecule has 0 radical (unpaired) electrons. The Morgan fingerprint density at radius 1 is 1.67 bits per heavy atom. The molecule has 0 aliphatic carbocycles. The SMILES string of the molecule is Cc1cc([N+](=O)[O-])cnc1NCC[C@@H]1CCCN1. The zero-order valence-electron chi connectivity index (χ0n) is 10.5. The average Bonchev–Trinajstić information content (AvgIpc) is 2.84. The number of aryl methyl sites for hydroxylation is 1. The number of hydrogen-bond donors (Lipinski definition) is 2. The maximum absolute atomic E-state index is 10.6. The van der Waals surface area contributed by atoms with Gasteiger partial charge in [-0.15, -0.1) is 0 Å². The van der Waals surface area contributed by atoms with E-state index in [1.807, 2.05) is 6.92 Å². The van der Waals surface area contributed by atoms with E-state index in [9.17, 15) is 10.1 Å². The topological polar surface area (TPSA) is 80.1 Å². The minimum absolute atomic E-state index is 0.0375. The first-order valence-corrected chi connectivity index (χ1v) is 6.25. The van der Waals surface area contributed by atoms with Crippen LogP contribution in [0.4, 0.5) is 11.5 Å². The van der Waals surface area contributed by atoms with Gasteiger partial charge >= 0.3 is 0 Å². The number of pyridine rings is 1. The zero-order chi connectivity index (χ0) is 13.0. The maximum atomic E-state index is 10.6. The number of anilines is 1. The molecule has 1 aliphatic rings. The van der Waals surface area contributed by atoms with Gasteiger partial charge in [0.1, 0.15) is 12.0 Å². The smallest absolute Gasteiger partial charge is 0.287 e. The number of nitrogens with one attached hydrogen (secondary N) is 2. The molecule has 0 bridgehead atoms. The average molecular weight is 250 g/mol. The molecule has 1 saturated heterocycles. The number of rotatable bonds is 5. The molecule has 6 heteroatoms. The molecule has 0 amide bonds. The summed E-state index contributed by atoms with van der Waals surface area (Å²) < 4.78 is 0. The molecule has 2 rings (SSSR count). The van der Waals surface area contributed by atoms with Crippen molar-refractivity contribution in [2.75, 3.05) is 18.4 Å². The summed E-state index contributed by atoms with van der Waals surface area (Å²) in [6.45, 7) is 3.78. The van der Waals surface area contributed by atoms with E-state index >= 15 is 0 Å². The zero-order valence-corrected chi connectivity index (χ0v) is 10.5. The van der Waals surface area contributed by atoms with Crippen LogP contribution in [0.3, 0.4) is 0 Å². The van der Waals surface area contributed by atoms with Crippen molar-refractivity contribution in [3.63, 3.8) is 0 Å². The summed E-state index contributed by atoms with van der Waals surface area (Å²) in [5.74, 6) is 0.735. The van der Waals surface area contributed by atoms with Gasteiger partial charge in [-0.3, -0.25) is 10.1 Å². The van der Waals surface area contributed by atoms with Crippen LogP contribution in [0, 0.1) is 17.0 Å². The van der Waals surface area contributed by atoms with E-state index in [4.69, 9.17) is 0 Å². The Balaban J connectivity index is 1.87. The lowest BCUT2D eigenvalue weighted by Crippen LogP contribution is -2.24. The summed E-state index contributed by atoms with van der Waals surface area (Å²) in [7, 11) is 0. The van der Waals surface area contributed by atoms with Gasteiger partial charge in [-0.2, -0.15) is 0 Å². The minimum Gasteiger partial charge on any atom is -0.370 e. The van der Waals surface area contributed by atoms with Gasteiger partial charge < -0.3 is 10.6 Å². The lowest BCUT2D eigenvalue weighted by atomic mass is 10.1. The van der Waals surface area contributed by atoms with Crippen molar-refractivity contribution in [1.29, 1.82) is 0 Å². The van der Waals surface area contributed by atoms with Crippen molar-refractivity contribution in [3.8, 4) is 0 Å². The largest absolute Gasteiger partial charge is 0.370 e. The molecule has 1 aliphatic heterocycles. The predicted molar refractivity (Wildman–Crippen MR) is 69.8 cm³/mol.